The van der Waals surface area contributed by atoms with E-state index in [1.165, 1.54) is 7.11 Å². The second-order valence-corrected chi connectivity index (χ2v) is 5.88. The molecule has 0 radical (unpaired) electrons. The van der Waals surface area contributed by atoms with Crippen LogP contribution >= 0.6 is 0 Å². The Morgan fingerprint density at radius 2 is 2.00 bits per heavy atom. The standard InChI is InChI=1S/C17H20N2O6/c1-24-11-2-3-14-12(8-11)13(9-19(14)10-15(20)21)16(17(22)23)18-4-6-25-7-5-18/h2-3,8-9,16H,4-7,10H2,1H3,(H,20,21)(H,22,23). The molecule has 1 unspecified atom stereocenters. The molecule has 1 fully saturated rings. The molecule has 134 valence electrons. The maximum Gasteiger partial charge on any atom is 0.325 e. The summed E-state index contributed by atoms with van der Waals surface area (Å²) in [5, 5.41) is 19.6. The highest BCUT2D eigenvalue weighted by molar-refractivity contribution is 5.91. The molecular weight excluding hydrogens is 328 g/mol. The number of hydrogen-bond donors (Lipinski definition) is 2. The maximum absolute atomic E-state index is 12.0. The lowest BCUT2D eigenvalue weighted by Gasteiger charge is -2.31. The Morgan fingerprint density at radius 3 is 2.60 bits per heavy atom. The number of carbonyl (C=O) groups is 2. The van der Waals surface area contributed by atoms with Crippen LogP contribution in [0, 0.1) is 0 Å². The van der Waals surface area contributed by atoms with Crippen molar-refractivity contribution < 1.29 is 29.3 Å². The third-order valence-corrected chi connectivity index (χ3v) is 4.36. The van der Waals surface area contributed by atoms with Crippen molar-refractivity contribution in [1.29, 1.82) is 0 Å². The predicted molar refractivity (Wildman–Crippen MR) is 88.9 cm³/mol. The van der Waals surface area contributed by atoms with E-state index >= 15 is 0 Å². The number of aromatic nitrogens is 1. The van der Waals surface area contributed by atoms with Crippen LogP contribution in [0.2, 0.25) is 0 Å². The van der Waals surface area contributed by atoms with Gasteiger partial charge in [0.1, 0.15) is 18.3 Å². The van der Waals surface area contributed by atoms with Gasteiger partial charge in [0, 0.05) is 35.8 Å². The monoisotopic (exact) mass is 348 g/mol. The van der Waals surface area contributed by atoms with Crippen LogP contribution < -0.4 is 4.74 Å². The third-order valence-electron chi connectivity index (χ3n) is 4.36. The van der Waals surface area contributed by atoms with Crippen molar-refractivity contribution in [3.63, 3.8) is 0 Å². The summed E-state index contributed by atoms with van der Waals surface area (Å²) >= 11 is 0. The molecule has 1 aromatic heterocycles. The number of methoxy groups -OCH3 is 1. The van der Waals surface area contributed by atoms with Gasteiger partial charge in [-0.25, -0.2) is 0 Å². The number of morpholine rings is 1. The summed E-state index contributed by atoms with van der Waals surface area (Å²) in [6.45, 7) is 1.72. The molecule has 25 heavy (non-hydrogen) atoms. The number of rotatable bonds is 6. The van der Waals surface area contributed by atoms with Gasteiger partial charge in [0.15, 0.2) is 0 Å². The lowest BCUT2D eigenvalue weighted by Crippen LogP contribution is -2.42. The van der Waals surface area contributed by atoms with Gasteiger partial charge in [0.2, 0.25) is 0 Å². The Hall–Kier alpha value is -2.58. The van der Waals surface area contributed by atoms with Crippen LogP contribution in [0.4, 0.5) is 0 Å². The number of nitrogens with zero attached hydrogens (tertiary/aromatic N) is 2. The SMILES string of the molecule is COc1ccc2c(c1)c(C(C(=O)O)N1CCOCC1)cn2CC(=O)O. The normalized spacial score (nSPS) is 16.7. The first kappa shape index (κ1) is 17.2. The Labute approximate surface area is 144 Å². The zero-order chi connectivity index (χ0) is 18.0. The molecule has 8 nitrogen and oxygen atoms in total. The molecule has 2 N–H and O–H groups in total. The van der Waals surface area contributed by atoms with Crippen LogP contribution in [0.15, 0.2) is 24.4 Å². The highest BCUT2D eigenvalue weighted by Gasteiger charge is 2.31. The lowest BCUT2D eigenvalue weighted by molar-refractivity contribution is -0.145. The zero-order valence-corrected chi connectivity index (χ0v) is 13.8. The number of aliphatic carboxylic acids is 2. The highest BCUT2D eigenvalue weighted by Crippen LogP contribution is 2.33. The van der Waals surface area contributed by atoms with E-state index in [0.29, 0.717) is 48.5 Å². The van der Waals surface area contributed by atoms with E-state index in [1.54, 1.807) is 29.0 Å². The van der Waals surface area contributed by atoms with Gasteiger partial charge in [0.25, 0.3) is 0 Å². The Kier molecular flexibility index (Phi) is 4.91. The van der Waals surface area contributed by atoms with Gasteiger partial charge in [-0.05, 0) is 18.2 Å². The van der Waals surface area contributed by atoms with E-state index in [2.05, 4.69) is 0 Å². The van der Waals surface area contributed by atoms with Gasteiger partial charge in [-0.2, -0.15) is 0 Å². The van der Waals surface area contributed by atoms with Gasteiger partial charge in [-0.15, -0.1) is 0 Å². The van der Waals surface area contributed by atoms with Crippen LogP contribution in [0.3, 0.4) is 0 Å². The summed E-state index contributed by atoms with van der Waals surface area (Å²) in [5.74, 6) is -1.37. The van der Waals surface area contributed by atoms with Crippen molar-refractivity contribution in [1.82, 2.24) is 9.47 Å². The lowest BCUT2D eigenvalue weighted by atomic mass is 10.0. The minimum absolute atomic E-state index is 0.238. The number of fused-ring (bicyclic) bond motifs is 1. The average Bonchev–Trinajstić information content (AvgIpc) is 2.92. The van der Waals surface area contributed by atoms with Crippen LogP contribution in [-0.4, -0.2) is 65.0 Å². The van der Waals surface area contributed by atoms with Crippen molar-refractivity contribution in [3.8, 4) is 5.75 Å². The summed E-state index contributed by atoms with van der Waals surface area (Å²) in [4.78, 5) is 25.0. The van der Waals surface area contributed by atoms with Crippen molar-refractivity contribution >= 4 is 22.8 Å². The molecule has 1 aromatic carbocycles. The molecule has 0 spiro atoms. The molecule has 1 saturated heterocycles. The fourth-order valence-corrected chi connectivity index (χ4v) is 3.25. The van der Waals surface area contributed by atoms with E-state index in [1.807, 2.05) is 4.90 Å². The van der Waals surface area contributed by atoms with Crippen molar-refractivity contribution in [3.05, 3.63) is 30.0 Å². The number of carboxylic acids is 2. The molecule has 0 saturated carbocycles. The number of benzene rings is 1. The first-order chi connectivity index (χ1) is 12.0. The largest absolute Gasteiger partial charge is 0.497 e. The van der Waals surface area contributed by atoms with Crippen LogP contribution in [0.25, 0.3) is 10.9 Å². The van der Waals surface area contributed by atoms with E-state index in [9.17, 15) is 14.7 Å². The van der Waals surface area contributed by atoms with Gasteiger partial charge < -0.3 is 24.3 Å². The third kappa shape index (κ3) is 3.45. The fourth-order valence-electron chi connectivity index (χ4n) is 3.25. The molecule has 1 aliphatic rings. The molecule has 1 aliphatic heterocycles. The van der Waals surface area contributed by atoms with Crippen molar-refractivity contribution in [2.75, 3.05) is 33.4 Å². The number of hydrogen-bond acceptors (Lipinski definition) is 5. The molecule has 0 amide bonds. The zero-order valence-electron chi connectivity index (χ0n) is 13.8. The molecular formula is C17H20N2O6. The van der Waals surface area contributed by atoms with Crippen LogP contribution in [0.1, 0.15) is 11.6 Å². The van der Waals surface area contributed by atoms with Gasteiger partial charge in [-0.1, -0.05) is 0 Å². The molecule has 2 aromatic rings. The van der Waals surface area contributed by atoms with E-state index in [0.717, 1.165) is 0 Å². The first-order valence-electron chi connectivity index (χ1n) is 7.94. The van der Waals surface area contributed by atoms with Crippen molar-refractivity contribution in [2.24, 2.45) is 0 Å². The quantitative estimate of drug-likeness (QED) is 0.808. The van der Waals surface area contributed by atoms with E-state index < -0.39 is 18.0 Å². The number of carboxylic acid groups (broad SMARTS) is 2. The molecule has 8 heteroatoms. The van der Waals surface area contributed by atoms with Crippen LogP contribution in [-0.2, 0) is 20.9 Å². The molecule has 2 heterocycles. The van der Waals surface area contributed by atoms with Gasteiger partial charge >= 0.3 is 11.9 Å². The highest BCUT2D eigenvalue weighted by atomic mass is 16.5. The number of ether oxygens (including phenoxy) is 2. The average molecular weight is 348 g/mol. The van der Waals surface area contributed by atoms with Gasteiger partial charge in [-0.3, -0.25) is 14.5 Å². The summed E-state index contributed by atoms with van der Waals surface area (Å²) in [6.07, 6.45) is 1.62. The topological polar surface area (TPSA) is 101 Å². The smallest absolute Gasteiger partial charge is 0.325 e. The summed E-state index contributed by atoms with van der Waals surface area (Å²) in [7, 11) is 1.53. The Balaban J connectivity index is 2.14. The Bertz CT molecular complexity index is 794. The molecule has 0 bridgehead atoms. The Morgan fingerprint density at radius 1 is 1.28 bits per heavy atom. The van der Waals surface area contributed by atoms with Crippen LogP contribution in [0.5, 0.6) is 5.75 Å². The second-order valence-electron chi connectivity index (χ2n) is 5.88. The van der Waals surface area contributed by atoms with Gasteiger partial charge in [0.05, 0.1) is 20.3 Å². The second kappa shape index (κ2) is 7.12. The fraction of sp³-hybridized carbons (Fsp3) is 0.412. The minimum Gasteiger partial charge on any atom is -0.497 e. The molecule has 3 rings (SSSR count). The molecule has 1 atom stereocenters. The summed E-state index contributed by atoms with van der Waals surface area (Å²) in [6, 6.07) is 4.36. The van der Waals surface area contributed by atoms with E-state index in [4.69, 9.17) is 14.6 Å². The summed E-state index contributed by atoms with van der Waals surface area (Å²) < 4.78 is 12.1. The first-order valence-corrected chi connectivity index (χ1v) is 7.94. The maximum atomic E-state index is 12.0. The minimum atomic E-state index is -0.988. The van der Waals surface area contributed by atoms with E-state index in [-0.39, 0.29) is 6.54 Å². The van der Waals surface area contributed by atoms with Crippen molar-refractivity contribution in [2.45, 2.75) is 12.6 Å². The predicted octanol–water partition coefficient (Wildman–Crippen LogP) is 1.19. The molecule has 0 aliphatic carbocycles. The summed E-state index contributed by atoms with van der Waals surface area (Å²) in [5.41, 5.74) is 1.22.